The first kappa shape index (κ1) is 21.1. The minimum absolute atomic E-state index is 0.0376. The fraction of sp³-hybridized carbons (Fsp3) is 0.308. The van der Waals surface area contributed by atoms with E-state index in [-0.39, 0.29) is 24.2 Å². The van der Waals surface area contributed by atoms with Gasteiger partial charge in [-0.3, -0.25) is 14.7 Å². The van der Waals surface area contributed by atoms with E-state index in [1.807, 2.05) is 60.0 Å². The van der Waals surface area contributed by atoms with Crippen LogP contribution in [0, 0.1) is 6.92 Å². The highest BCUT2D eigenvalue weighted by Gasteiger charge is 2.22. The largest absolute Gasteiger partial charge is 0.444 e. The van der Waals surface area contributed by atoms with Crippen LogP contribution in [0.1, 0.15) is 49.3 Å². The summed E-state index contributed by atoms with van der Waals surface area (Å²) in [6.45, 7) is 2.13. The molecule has 1 amide bonds. The number of aryl methyl sites for hydroxylation is 1. The molecule has 0 unspecified atom stereocenters. The van der Waals surface area contributed by atoms with Crippen LogP contribution in [-0.4, -0.2) is 20.6 Å². The molecule has 2 aromatic heterocycles. The molecule has 0 saturated heterocycles. The summed E-state index contributed by atoms with van der Waals surface area (Å²) in [5.41, 5.74) is 2.44. The van der Waals surface area contributed by atoms with E-state index in [1.165, 1.54) is 6.42 Å². The van der Waals surface area contributed by atoms with Crippen molar-refractivity contribution in [3.8, 4) is 0 Å². The molecule has 1 aliphatic rings. The lowest BCUT2D eigenvalue weighted by molar-refractivity contribution is 0.155. The van der Waals surface area contributed by atoms with Gasteiger partial charge in [0.05, 0.1) is 0 Å². The van der Waals surface area contributed by atoms with Gasteiger partial charge in [-0.25, -0.2) is 9.78 Å². The number of nitrogens with one attached hydrogen (secondary N) is 1. The minimum atomic E-state index is -0.638. The maximum atomic E-state index is 13.6. The van der Waals surface area contributed by atoms with E-state index < -0.39 is 6.09 Å². The van der Waals surface area contributed by atoms with Gasteiger partial charge in [0, 0.05) is 23.0 Å². The van der Waals surface area contributed by atoms with E-state index in [0.717, 1.165) is 47.6 Å². The predicted octanol–water partition coefficient (Wildman–Crippen LogP) is 5.51. The van der Waals surface area contributed by atoms with Crippen molar-refractivity contribution in [3.05, 3.63) is 76.2 Å². The van der Waals surface area contributed by atoms with E-state index >= 15 is 0 Å². The summed E-state index contributed by atoms with van der Waals surface area (Å²) in [5.74, 6) is 0.121. The van der Waals surface area contributed by atoms with Gasteiger partial charge >= 0.3 is 6.09 Å². The minimum Gasteiger partial charge on any atom is -0.444 e. The molecule has 1 aliphatic carbocycles. The average molecular weight is 443 g/mol. The van der Waals surface area contributed by atoms with Crippen molar-refractivity contribution in [2.45, 2.75) is 51.7 Å². The molecule has 168 valence electrons. The Kier molecular flexibility index (Phi) is 5.77. The average Bonchev–Trinajstić information content (AvgIpc) is 2.84. The number of carbonyl (C=O) groups excluding carboxylic acids is 1. The summed E-state index contributed by atoms with van der Waals surface area (Å²) < 4.78 is 7.12. The molecular formula is C26H26N4O3. The molecule has 5 rings (SSSR count). The van der Waals surface area contributed by atoms with Crippen LogP contribution in [0.25, 0.3) is 21.8 Å². The molecule has 0 radical (unpaired) electrons. The number of nitrogens with zero attached hydrogens (tertiary/aromatic N) is 3. The topological polar surface area (TPSA) is 86.1 Å². The van der Waals surface area contributed by atoms with Crippen molar-refractivity contribution in [3.63, 3.8) is 0 Å². The van der Waals surface area contributed by atoms with Crippen LogP contribution >= 0.6 is 0 Å². The molecule has 2 aromatic carbocycles. The summed E-state index contributed by atoms with van der Waals surface area (Å²) in [6, 6.07) is 15.4. The molecule has 0 atom stereocenters. The molecule has 7 heteroatoms. The molecule has 1 N–H and O–H groups in total. The first-order valence-corrected chi connectivity index (χ1v) is 11.4. The molecule has 33 heavy (non-hydrogen) atoms. The van der Waals surface area contributed by atoms with Gasteiger partial charge in [0.15, 0.2) is 0 Å². The van der Waals surface area contributed by atoms with E-state index in [1.54, 1.807) is 6.20 Å². The van der Waals surface area contributed by atoms with Gasteiger partial charge in [0.25, 0.3) is 5.56 Å². The van der Waals surface area contributed by atoms with Crippen LogP contribution in [0.2, 0.25) is 0 Å². The standard InChI is InChI=1S/C26H26N4O3/c1-17-12-13-20-21(14-17)24(31)30(19-10-6-3-7-11-19)23-22(20)15-27-25(28-23)29-26(32)33-16-18-8-4-2-5-9-18/h2,4-5,8-9,12-15,19H,3,6-7,10-11,16H2,1H3,(H,27,28,29,32). The quantitative estimate of drug-likeness (QED) is 0.421. The summed E-state index contributed by atoms with van der Waals surface area (Å²) in [6.07, 6.45) is 6.30. The second kappa shape index (κ2) is 9.02. The van der Waals surface area contributed by atoms with Crippen molar-refractivity contribution in [2.24, 2.45) is 0 Å². The number of benzene rings is 2. The first-order chi connectivity index (χ1) is 16.1. The van der Waals surface area contributed by atoms with Gasteiger partial charge in [-0.2, -0.15) is 4.98 Å². The lowest BCUT2D eigenvalue weighted by atomic mass is 9.94. The monoisotopic (exact) mass is 442 g/mol. The third-order valence-corrected chi connectivity index (χ3v) is 6.28. The number of carbonyl (C=O) groups is 1. The number of hydrogen-bond donors (Lipinski definition) is 1. The van der Waals surface area contributed by atoms with Crippen LogP contribution in [-0.2, 0) is 11.3 Å². The van der Waals surface area contributed by atoms with Crippen LogP contribution in [0.4, 0.5) is 10.7 Å². The number of ether oxygens (including phenoxy) is 1. The molecule has 0 bridgehead atoms. The smallest absolute Gasteiger partial charge is 0.414 e. The third kappa shape index (κ3) is 4.31. The molecule has 1 fully saturated rings. The Hall–Kier alpha value is -3.74. The number of anilines is 1. The molecule has 7 nitrogen and oxygen atoms in total. The highest BCUT2D eigenvalue weighted by Crippen LogP contribution is 2.31. The van der Waals surface area contributed by atoms with Gasteiger partial charge in [-0.1, -0.05) is 67.3 Å². The van der Waals surface area contributed by atoms with E-state index in [0.29, 0.717) is 11.0 Å². The Morgan fingerprint density at radius 2 is 1.85 bits per heavy atom. The molecule has 4 aromatic rings. The lowest BCUT2D eigenvalue weighted by Crippen LogP contribution is -2.28. The fourth-order valence-corrected chi connectivity index (χ4v) is 4.63. The van der Waals surface area contributed by atoms with Crippen molar-refractivity contribution in [2.75, 3.05) is 5.32 Å². The summed E-state index contributed by atoms with van der Waals surface area (Å²) in [4.78, 5) is 34.9. The number of amides is 1. The first-order valence-electron chi connectivity index (χ1n) is 11.4. The Labute approximate surface area is 191 Å². The summed E-state index contributed by atoms with van der Waals surface area (Å²) in [5, 5.41) is 4.92. The van der Waals surface area contributed by atoms with E-state index in [4.69, 9.17) is 4.74 Å². The molecule has 0 aliphatic heterocycles. The number of fused-ring (bicyclic) bond motifs is 3. The van der Waals surface area contributed by atoms with Crippen LogP contribution in [0.3, 0.4) is 0 Å². The van der Waals surface area contributed by atoms with Crippen molar-refractivity contribution in [1.82, 2.24) is 14.5 Å². The Morgan fingerprint density at radius 1 is 1.06 bits per heavy atom. The number of hydrogen-bond acceptors (Lipinski definition) is 5. The second-order valence-corrected chi connectivity index (χ2v) is 8.63. The van der Waals surface area contributed by atoms with Crippen molar-refractivity contribution in [1.29, 1.82) is 0 Å². The van der Waals surface area contributed by atoms with Crippen molar-refractivity contribution < 1.29 is 9.53 Å². The van der Waals surface area contributed by atoms with Crippen molar-refractivity contribution >= 4 is 33.8 Å². The zero-order chi connectivity index (χ0) is 22.8. The predicted molar refractivity (Wildman–Crippen MR) is 128 cm³/mol. The SMILES string of the molecule is Cc1ccc2c(c1)c(=O)n(C1CCCCC1)c1nc(NC(=O)OCc3ccccc3)ncc21. The molecule has 0 spiro atoms. The number of rotatable bonds is 4. The third-order valence-electron chi connectivity index (χ3n) is 6.28. The van der Waals surface area contributed by atoms with E-state index in [2.05, 4.69) is 15.3 Å². The molecule has 2 heterocycles. The maximum absolute atomic E-state index is 13.6. The summed E-state index contributed by atoms with van der Waals surface area (Å²) in [7, 11) is 0. The fourth-order valence-electron chi connectivity index (χ4n) is 4.63. The van der Waals surface area contributed by atoms with E-state index in [9.17, 15) is 9.59 Å². The lowest BCUT2D eigenvalue weighted by Gasteiger charge is -2.25. The van der Waals surface area contributed by atoms with Gasteiger partial charge in [-0.05, 0) is 36.8 Å². The van der Waals surface area contributed by atoms with Gasteiger partial charge in [-0.15, -0.1) is 0 Å². The Morgan fingerprint density at radius 3 is 2.64 bits per heavy atom. The maximum Gasteiger partial charge on any atom is 0.414 e. The normalized spacial score (nSPS) is 14.5. The molecule has 1 saturated carbocycles. The van der Waals surface area contributed by atoms with Crippen LogP contribution in [0.5, 0.6) is 0 Å². The molecular weight excluding hydrogens is 416 g/mol. The Bertz CT molecular complexity index is 1380. The van der Waals surface area contributed by atoms with Crippen LogP contribution in [0.15, 0.2) is 59.5 Å². The zero-order valence-electron chi connectivity index (χ0n) is 18.6. The van der Waals surface area contributed by atoms with Gasteiger partial charge in [0.1, 0.15) is 12.3 Å². The second-order valence-electron chi connectivity index (χ2n) is 8.63. The highest BCUT2D eigenvalue weighted by atomic mass is 16.5. The van der Waals surface area contributed by atoms with Gasteiger partial charge in [0.2, 0.25) is 5.95 Å². The Balaban J connectivity index is 1.53. The summed E-state index contributed by atoms with van der Waals surface area (Å²) >= 11 is 0. The number of aromatic nitrogens is 3. The van der Waals surface area contributed by atoms with Crippen LogP contribution < -0.4 is 10.9 Å². The number of pyridine rings is 1. The zero-order valence-corrected chi connectivity index (χ0v) is 18.6. The van der Waals surface area contributed by atoms with Gasteiger partial charge < -0.3 is 4.74 Å². The highest BCUT2D eigenvalue weighted by molar-refractivity contribution is 6.04.